The molecule has 0 radical (unpaired) electrons. The summed E-state index contributed by atoms with van der Waals surface area (Å²) >= 11 is 5.90. The Morgan fingerprint density at radius 1 is 1.13 bits per heavy atom. The number of carbonyl (C=O) groups is 1. The van der Waals surface area contributed by atoms with Crippen molar-refractivity contribution in [2.45, 2.75) is 31.0 Å². The number of hydrogen-bond donors (Lipinski definition) is 3. The first-order valence-corrected chi connectivity index (χ1v) is 7.94. The van der Waals surface area contributed by atoms with E-state index in [1.807, 2.05) is 48.5 Å². The number of rotatable bonds is 5. The van der Waals surface area contributed by atoms with Crippen LogP contribution in [0, 0.1) is 0 Å². The summed E-state index contributed by atoms with van der Waals surface area (Å²) in [6.07, 6.45) is 0.318. The third-order valence-corrected chi connectivity index (χ3v) is 4.65. The quantitative estimate of drug-likeness (QED) is 0.788. The van der Waals surface area contributed by atoms with E-state index in [0.717, 1.165) is 16.7 Å². The Labute approximate surface area is 140 Å². The molecule has 2 aromatic rings. The van der Waals surface area contributed by atoms with Crippen LogP contribution in [0.4, 0.5) is 0 Å². The molecule has 0 atom stereocenters. The van der Waals surface area contributed by atoms with Crippen molar-refractivity contribution in [3.8, 4) is 11.1 Å². The molecule has 4 nitrogen and oxygen atoms in total. The van der Waals surface area contributed by atoms with Gasteiger partial charge in [-0.25, -0.2) is 0 Å². The first kappa shape index (κ1) is 16.0. The first-order chi connectivity index (χ1) is 11.0. The Bertz CT molecular complexity index is 692. The fourth-order valence-corrected chi connectivity index (χ4v) is 3.03. The third kappa shape index (κ3) is 3.39. The van der Waals surface area contributed by atoms with Gasteiger partial charge in [0.2, 0.25) is 5.91 Å². The monoisotopic (exact) mass is 330 g/mol. The van der Waals surface area contributed by atoms with Gasteiger partial charge in [-0.15, -0.1) is 0 Å². The van der Waals surface area contributed by atoms with E-state index in [1.54, 1.807) is 0 Å². The number of primary amides is 1. The van der Waals surface area contributed by atoms with Crippen LogP contribution in [0.1, 0.15) is 18.4 Å². The van der Waals surface area contributed by atoms with Gasteiger partial charge in [0.25, 0.3) is 0 Å². The molecular formula is C18H19ClN2O2. The molecule has 0 unspecified atom stereocenters. The summed E-state index contributed by atoms with van der Waals surface area (Å²) in [5, 5.41) is 13.4. The Morgan fingerprint density at radius 3 is 2.13 bits per heavy atom. The van der Waals surface area contributed by atoms with Gasteiger partial charge < -0.3 is 10.8 Å². The molecule has 1 fully saturated rings. The fraction of sp³-hybridized carbons (Fsp3) is 0.278. The maximum atomic E-state index is 11.6. The molecule has 4 N–H and O–H groups in total. The van der Waals surface area contributed by atoms with Gasteiger partial charge in [0.1, 0.15) is 5.54 Å². The third-order valence-electron chi connectivity index (χ3n) is 4.40. The Balaban J connectivity index is 1.66. The molecule has 0 bridgehead atoms. The number of carbonyl (C=O) groups excluding carboxylic acids is 1. The van der Waals surface area contributed by atoms with E-state index in [4.69, 9.17) is 17.3 Å². The second-order valence-corrected chi connectivity index (χ2v) is 6.50. The molecule has 1 amide bonds. The van der Waals surface area contributed by atoms with Crippen LogP contribution in [0.2, 0.25) is 5.02 Å². The van der Waals surface area contributed by atoms with Crippen molar-refractivity contribution in [1.82, 2.24) is 5.32 Å². The highest BCUT2D eigenvalue weighted by atomic mass is 35.5. The Hall–Kier alpha value is -1.88. The number of hydrogen-bond acceptors (Lipinski definition) is 3. The van der Waals surface area contributed by atoms with Crippen molar-refractivity contribution in [1.29, 1.82) is 0 Å². The number of nitrogens with two attached hydrogens (primary N) is 1. The summed E-state index contributed by atoms with van der Waals surface area (Å²) in [5.41, 5.74) is 7.95. The predicted molar refractivity (Wildman–Crippen MR) is 90.9 cm³/mol. The predicted octanol–water partition coefficient (Wildman–Crippen LogP) is 2.48. The summed E-state index contributed by atoms with van der Waals surface area (Å²) < 4.78 is 0. The minimum atomic E-state index is -0.770. The average molecular weight is 331 g/mol. The maximum absolute atomic E-state index is 11.6. The average Bonchev–Trinajstić information content (AvgIpc) is 2.51. The SMILES string of the molecule is NC(=O)C1(NCc2ccc(-c3ccc(Cl)cc3)cc2)CC(O)C1. The lowest BCUT2D eigenvalue weighted by molar-refractivity contribution is -0.133. The molecular weight excluding hydrogens is 312 g/mol. The van der Waals surface area contributed by atoms with Gasteiger partial charge in [-0.1, -0.05) is 48.0 Å². The zero-order chi connectivity index (χ0) is 16.4. The van der Waals surface area contributed by atoms with Crippen molar-refractivity contribution in [3.63, 3.8) is 0 Å². The number of amides is 1. The highest BCUT2D eigenvalue weighted by Gasteiger charge is 2.48. The van der Waals surface area contributed by atoms with Crippen LogP contribution in [-0.2, 0) is 11.3 Å². The fourth-order valence-electron chi connectivity index (χ4n) is 2.91. The van der Waals surface area contributed by atoms with Crippen molar-refractivity contribution >= 4 is 17.5 Å². The summed E-state index contributed by atoms with van der Waals surface area (Å²) in [6.45, 7) is 0.538. The van der Waals surface area contributed by atoms with Crippen LogP contribution in [0.3, 0.4) is 0 Å². The lowest BCUT2D eigenvalue weighted by Gasteiger charge is -2.43. The normalized spacial score (nSPS) is 23.3. The van der Waals surface area contributed by atoms with E-state index >= 15 is 0 Å². The van der Waals surface area contributed by atoms with E-state index in [0.29, 0.717) is 24.4 Å². The molecule has 0 spiro atoms. The molecule has 1 aliphatic rings. The highest BCUT2D eigenvalue weighted by molar-refractivity contribution is 6.30. The number of benzene rings is 2. The van der Waals surface area contributed by atoms with Crippen molar-refractivity contribution in [2.75, 3.05) is 0 Å². The van der Waals surface area contributed by atoms with Crippen LogP contribution in [0.15, 0.2) is 48.5 Å². The van der Waals surface area contributed by atoms with Gasteiger partial charge in [-0.2, -0.15) is 0 Å². The highest BCUT2D eigenvalue weighted by Crippen LogP contribution is 2.32. The molecule has 0 aromatic heterocycles. The zero-order valence-electron chi connectivity index (χ0n) is 12.6. The second kappa shape index (κ2) is 6.32. The molecule has 0 aliphatic heterocycles. The van der Waals surface area contributed by atoms with Crippen molar-refractivity contribution in [2.24, 2.45) is 5.73 Å². The molecule has 2 aromatic carbocycles. The van der Waals surface area contributed by atoms with E-state index < -0.39 is 17.6 Å². The van der Waals surface area contributed by atoms with Gasteiger partial charge in [0, 0.05) is 24.4 Å². The van der Waals surface area contributed by atoms with Crippen LogP contribution in [0.25, 0.3) is 11.1 Å². The van der Waals surface area contributed by atoms with Gasteiger partial charge in [0.05, 0.1) is 6.10 Å². The topological polar surface area (TPSA) is 75.4 Å². The molecule has 3 rings (SSSR count). The number of aliphatic hydroxyl groups is 1. The van der Waals surface area contributed by atoms with Crippen LogP contribution in [0.5, 0.6) is 0 Å². The summed E-state index contributed by atoms with van der Waals surface area (Å²) in [4.78, 5) is 11.6. The minimum absolute atomic E-state index is 0.380. The molecule has 0 heterocycles. The van der Waals surface area contributed by atoms with E-state index in [1.165, 1.54) is 0 Å². The van der Waals surface area contributed by atoms with Gasteiger partial charge in [-0.3, -0.25) is 10.1 Å². The number of aliphatic hydroxyl groups excluding tert-OH is 1. The molecule has 1 aliphatic carbocycles. The van der Waals surface area contributed by atoms with Crippen LogP contribution in [-0.4, -0.2) is 22.7 Å². The molecule has 120 valence electrons. The van der Waals surface area contributed by atoms with E-state index in [9.17, 15) is 9.90 Å². The first-order valence-electron chi connectivity index (χ1n) is 7.56. The zero-order valence-corrected chi connectivity index (χ0v) is 13.4. The lowest BCUT2D eigenvalue weighted by Crippen LogP contribution is -2.64. The van der Waals surface area contributed by atoms with Crippen LogP contribution >= 0.6 is 11.6 Å². The second-order valence-electron chi connectivity index (χ2n) is 6.07. The summed E-state index contributed by atoms with van der Waals surface area (Å²) in [7, 11) is 0. The lowest BCUT2D eigenvalue weighted by atomic mass is 9.73. The van der Waals surface area contributed by atoms with Crippen molar-refractivity contribution < 1.29 is 9.90 Å². The molecule has 23 heavy (non-hydrogen) atoms. The molecule has 5 heteroatoms. The number of nitrogens with one attached hydrogen (secondary N) is 1. The minimum Gasteiger partial charge on any atom is -0.393 e. The smallest absolute Gasteiger partial charge is 0.237 e. The Morgan fingerprint density at radius 2 is 1.65 bits per heavy atom. The standard InChI is InChI=1S/C18H19ClN2O2/c19-15-7-5-14(6-8-15)13-3-1-12(2-4-13)11-21-18(17(20)23)9-16(22)10-18/h1-8,16,21-22H,9-11H2,(H2,20,23). The summed E-state index contributed by atoms with van der Waals surface area (Å²) in [6, 6.07) is 15.8. The van der Waals surface area contributed by atoms with Gasteiger partial charge in [-0.05, 0) is 28.8 Å². The van der Waals surface area contributed by atoms with Crippen LogP contribution < -0.4 is 11.1 Å². The van der Waals surface area contributed by atoms with Crippen molar-refractivity contribution in [3.05, 3.63) is 59.1 Å². The van der Waals surface area contributed by atoms with E-state index in [-0.39, 0.29) is 0 Å². The molecule has 1 saturated carbocycles. The largest absolute Gasteiger partial charge is 0.393 e. The maximum Gasteiger partial charge on any atom is 0.237 e. The molecule has 0 saturated heterocycles. The van der Waals surface area contributed by atoms with Gasteiger partial charge >= 0.3 is 0 Å². The Kier molecular flexibility index (Phi) is 4.39. The van der Waals surface area contributed by atoms with Gasteiger partial charge in [0.15, 0.2) is 0 Å². The van der Waals surface area contributed by atoms with E-state index in [2.05, 4.69) is 5.32 Å². The number of halogens is 1. The summed E-state index contributed by atoms with van der Waals surface area (Å²) in [5.74, 6) is -0.402.